The van der Waals surface area contributed by atoms with Gasteiger partial charge in [-0.05, 0) is 44.0 Å². The number of nitrogens with one attached hydrogen (secondary N) is 2. The molecule has 1 aliphatic heterocycles. The van der Waals surface area contributed by atoms with Crippen molar-refractivity contribution in [2.75, 3.05) is 32.7 Å². The minimum Gasteiger partial charge on any atom is -0.351 e. The average Bonchev–Trinajstić information content (AvgIpc) is 2.59. The molecule has 1 aliphatic rings. The standard InChI is InChI=1S/C17H27N3O3S.ClH/c1-3-18-9-10-19-17(21)16-13-15(8-7-14(16)2)24(22,23)20-11-5-4-6-12-20;/h7-8,13,18H,3-6,9-12H2,1-2H3,(H,19,21);1H. The van der Waals surface area contributed by atoms with Gasteiger partial charge in [0.1, 0.15) is 0 Å². The number of aryl methyl sites for hydroxylation is 1. The molecule has 0 atom stereocenters. The van der Waals surface area contributed by atoms with Crippen LogP contribution in [0.2, 0.25) is 0 Å². The Bertz CT molecular complexity index is 674. The first-order valence-corrected chi connectivity index (χ1v) is 10.0. The van der Waals surface area contributed by atoms with Crippen LogP contribution in [-0.4, -0.2) is 51.4 Å². The van der Waals surface area contributed by atoms with E-state index in [4.69, 9.17) is 0 Å². The molecule has 0 aliphatic carbocycles. The Morgan fingerprint density at radius 2 is 1.84 bits per heavy atom. The Kier molecular flexibility index (Phi) is 8.85. The Morgan fingerprint density at radius 1 is 1.16 bits per heavy atom. The first kappa shape index (κ1) is 21.9. The summed E-state index contributed by atoms with van der Waals surface area (Å²) in [4.78, 5) is 12.5. The molecule has 0 radical (unpaired) electrons. The number of carbonyl (C=O) groups excluding carboxylic acids is 1. The van der Waals surface area contributed by atoms with E-state index in [-0.39, 0.29) is 23.2 Å². The van der Waals surface area contributed by atoms with Crippen molar-refractivity contribution in [1.29, 1.82) is 0 Å². The topological polar surface area (TPSA) is 78.5 Å². The van der Waals surface area contributed by atoms with E-state index in [0.717, 1.165) is 31.4 Å². The number of benzene rings is 1. The van der Waals surface area contributed by atoms with Gasteiger partial charge in [0, 0.05) is 31.7 Å². The molecule has 1 saturated heterocycles. The second-order valence-corrected chi connectivity index (χ2v) is 7.99. The van der Waals surface area contributed by atoms with Crippen molar-refractivity contribution in [1.82, 2.24) is 14.9 Å². The van der Waals surface area contributed by atoms with Crippen LogP contribution in [0.25, 0.3) is 0 Å². The Labute approximate surface area is 156 Å². The largest absolute Gasteiger partial charge is 0.351 e. The highest BCUT2D eigenvalue weighted by Gasteiger charge is 2.26. The maximum atomic E-state index is 12.8. The zero-order valence-corrected chi connectivity index (χ0v) is 16.5. The average molecular weight is 390 g/mol. The fraction of sp³-hybridized carbons (Fsp3) is 0.588. The lowest BCUT2D eigenvalue weighted by atomic mass is 10.1. The Balaban J connectivity index is 0.00000312. The number of likely N-dealkylation sites (N-methyl/N-ethyl adjacent to an activating group) is 1. The smallest absolute Gasteiger partial charge is 0.251 e. The summed E-state index contributed by atoms with van der Waals surface area (Å²) in [6.07, 6.45) is 2.85. The van der Waals surface area contributed by atoms with E-state index in [0.29, 0.717) is 31.7 Å². The molecular weight excluding hydrogens is 362 g/mol. The van der Waals surface area contributed by atoms with Gasteiger partial charge in [-0.15, -0.1) is 12.4 Å². The number of carbonyl (C=O) groups is 1. The van der Waals surface area contributed by atoms with Gasteiger partial charge in [-0.25, -0.2) is 8.42 Å². The highest BCUT2D eigenvalue weighted by molar-refractivity contribution is 7.89. The van der Waals surface area contributed by atoms with Crippen LogP contribution in [0.1, 0.15) is 42.1 Å². The SMILES string of the molecule is CCNCCNC(=O)c1cc(S(=O)(=O)N2CCCCC2)ccc1C.Cl. The summed E-state index contributed by atoms with van der Waals surface area (Å²) >= 11 is 0. The van der Waals surface area contributed by atoms with Crippen molar-refractivity contribution in [3.63, 3.8) is 0 Å². The van der Waals surface area contributed by atoms with Crippen LogP contribution in [0.4, 0.5) is 0 Å². The van der Waals surface area contributed by atoms with Crippen molar-refractivity contribution in [3.05, 3.63) is 29.3 Å². The van der Waals surface area contributed by atoms with E-state index >= 15 is 0 Å². The molecular formula is C17H28ClN3O3S. The van der Waals surface area contributed by atoms with Crippen molar-refractivity contribution in [2.24, 2.45) is 0 Å². The van der Waals surface area contributed by atoms with E-state index in [1.165, 1.54) is 10.4 Å². The normalized spacial score (nSPS) is 15.4. The number of halogens is 1. The molecule has 0 spiro atoms. The number of amides is 1. The number of hydrogen-bond acceptors (Lipinski definition) is 4. The van der Waals surface area contributed by atoms with Crippen LogP contribution in [0, 0.1) is 6.92 Å². The van der Waals surface area contributed by atoms with E-state index in [9.17, 15) is 13.2 Å². The molecule has 1 fully saturated rings. The lowest BCUT2D eigenvalue weighted by molar-refractivity contribution is 0.0953. The van der Waals surface area contributed by atoms with Crippen LogP contribution < -0.4 is 10.6 Å². The molecule has 0 aromatic heterocycles. The summed E-state index contributed by atoms with van der Waals surface area (Å²) < 4.78 is 27.0. The summed E-state index contributed by atoms with van der Waals surface area (Å²) in [5, 5.41) is 5.95. The fourth-order valence-corrected chi connectivity index (χ4v) is 4.34. The van der Waals surface area contributed by atoms with Gasteiger partial charge in [0.15, 0.2) is 0 Å². The van der Waals surface area contributed by atoms with Gasteiger partial charge < -0.3 is 10.6 Å². The minimum absolute atomic E-state index is 0. The molecule has 8 heteroatoms. The number of piperidine rings is 1. The molecule has 0 saturated carbocycles. The number of sulfonamides is 1. The Morgan fingerprint density at radius 3 is 2.48 bits per heavy atom. The summed E-state index contributed by atoms with van der Waals surface area (Å²) in [6.45, 7) is 6.97. The predicted octanol–water partition coefficient (Wildman–Crippen LogP) is 1.93. The van der Waals surface area contributed by atoms with E-state index < -0.39 is 10.0 Å². The zero-order valence-electron chi connectivity index (χ0n) is 14.9. The van der Waals surface area contributed by atoms with Gasteiger partial charge in [-0.1, -0.05) is 19.4 Å². The van der Waals surface area contributed by atoms with Gasteiger partial charge in [0.05, 0.1) is 4.90 Å². The summed E-state index contributed by atoms with van der Waals surface area (Å²) in [7, 11) is -3.52. The van der Waals surface area contributed by atoms with Crippen LogP contribution in [0.5, 0.6) is 0 Å². The number of hydrogen-bond donors (Lipinski definition) is 2. The van der Waals surface area contributed by atoms with Gasteiger partial charge in [-0.3, -0.25) is 4.79 Å². The van der Waals surface area contributed by atoms with Gasteiger partial charge in [0.25, 0.3) is 5.91 Å². The highest BCUT2D eigenvalue weighted by Crippen LogP contribution is 2.22. The first-order chi connectivity index (χ1) is 11.5. The van der Waals surface area contributed by atoms with Gasteiger partial charge in [-0.2, -0.15) is 4.31 Å². The third-order valence-corrected chi connectivity index (χ3v) is 6.14. The minimum atomic E-state index is -3.52. The molecule has 2 rings (SSSR count). The second kappa shape index (κ2) is 10.1. The Hall–Kier alpha value is -1.15. The molecule has 1 aromatic carbocycles. The molecule has 0 unspecified atom stereocenters. The molecule has 0 bridgehead atoms. The van der Waals surface area contributed by atoms with Gasteiger partial charge in [0.2, 0.25) is 10.0 Å². The van der Waals surface area contributed by atoms with Crippen LogP contribution >= 0.6 is 12.4 Å². The van der Waals surface area contributed by atoms with Crippen LogP contribution in [-0.2, 0) is 10.0 Å². The van der Waals surface area contributed by atoms with Crippen LogP contribution in [0.15, 0.2) is 23.1 Å². The van der Waals surface area contributed by atoms with Crippen LogP contribution in [0.3, 0.4) is 0 Å². The second-order valence-electron chi connectivity index (χ2n) is 6.05. The van der Waals surface area contributed by atoms with E-state index in [1.807, 2.05) is 13.8 Å². The maximum Gasteiger partial charge on any atom is 0.251 e. The van der Waals surface area contributed by atoms with Crippen molar-refractivity contribution < 1.29 is 13.2 Å². The van der Waals surface area contributed by atoms with E-state index in [2.05, 4.69) is 10.6 Å². The zero-order chi connectivity index (χ0) is 17.6. The fourth-order valence-electron chi connectivity index (χ4n) is 2.80. The number of rotatable bonds is 7. The molecule has 6 nitrogen and oxygen atoms in total. The predicted molar refractivity (Wildman–Crippen MR) is 102 cm³/mol. The third-order valence-electron chi connectivity index (χ3n) is 4.24. The molecule has 1 aromatic rings. The van der Waals surface area contributed by atoms with Crippen molar-refractivity contribution in [3.8, 4) is 0 Å². The monoisotopic (exact) mass is 389 g/mol. The van der Waals surface area contributed by atoms with Crippen molar-refractivity contribution >= 4 is 28.3 Å². The molecule has 142 valence electrons. The molecule has 2 N–H and O–H groups in total. The summed E-state index contributed by atoms with van der Waals surface area (Å²) in [5.41, 5.74) is 1.19. The summed E-state index contributed by atoms with van der Waals surface area (Å²) in [6, 6.07) is 4.80. The maximum absolute atomic E-state index is 12.8. The molecule has 25 heavy (non-hydrogen) atoms. The third kappa shape index (κ3) is 5.67. The highest BCUT2D eigenvalue weighted by atomic mass is 35.5. The lowest BCUT2D eigenvalue weighted by Gasteiger charge is -2.26. The van der Waals surface area contributed by atoms with Crippen molar-refractivity contribution in [2.45, 2.75) is 38.0 Å². The number of nitrogens with zero attached hydrogens (tertiary/aromatic N) is 1. The van der Waals surface area contributed by atoms with E-state index in [1.54, 1.807) is 12.1 Å². The van der Waals surface area contributed by atoms with Gasteiger partial charge >= 0.3 is 0 Å². The first-order valence-electron chi connectivity index (χ1n) is 8.56. The lowest BCUT2D eigenvalue weighted by Crippen LogP contribution is -2.36. The molecule has 1 amide bonds. The summed E-state index contributed by atoms with van der Waals surface area (Å²) in [5.74, 6) is -0.235. The quantitative estimate of drug-likeness (QED) is 0.698. The molecule has 1 heterocycles.